The molecule has 0 saturated heterocycles. The maximum atomic E-state index is 10.3. The molecule has 88 valence electrons. The van der Waals surface area contributed by atoms with Crippen molar-refractivity contribution in [1.82, 2.24) is 4.98 Å². The van der Waals surface area contributed by atoms with E-state index in [0.29, 0.717) is 6.54 Å². The van der Waals surface area contributed by atoms with Gasteiger partial charge in [0, 0.05) is 31.4 Å². The van der Waals surface area contributed by atoms with Crippen LogP contribution in [0.4, 0.5) is 5.69 Å². The maximum Gasteiger partial charge on any atom is 0.328 e. The number of aliphatic carboxylic acids is 1. The standard InChI is InChI=1S/C12H12N2O3/c1-14(6-2-3-12(15)16)9-4-5-10-11(7-9)17-8-13-10/h2-5,7-8H,6H2,1H3,(H,15,16)/b3-2+. The zero-order valence-electron chi connectivity index (χ0n) is 9.33. The lowest BCUT2D eigenvalue weighted by molar-refractivity contribution is -0.131. The van der Waals surface area contributed by atoms with E-state index >= 15 is 0 Å². The van der Waals surface area contributed by atoms with Crippen molar-refractivity contribution in [2.24, 2.45) is 0 Å². The Kier molecular flexibility index (Phi) is 3.09. The van der Waals surface area contributed by atoms with Gasteiger partial charge >= 0.3 is 5.97 Å². The predicted octanol–water partition coefficient (Wildman–Crippen LogP) is 1.90. The van der Waals surface area contributed by atoms with Gasteiger partial charge in [0.15, 0.2) is 12.0 Å². The number of carbonyl (C=O) groups is 1. The van der Waals surface area contributed by atoms with E-state index in [1.807, 2.05) is 30.1 Å². The predicted molar refractivity (Wildman–Crippen MR) is 64.1 cm³/mol. The average Bonchev–Trinajstić information content (AvgIpc) is 2.75. The number of anilines is 1. The first-order valence-electron chi connectivity index (χ1n) is 5.10. The molecular formula is C12H12N2O3. The number of oxazole rings is 1. The molecule has 5 heteroatoms. The first-order valence-corrected chi connectivity index (χ1v) is 5.10. The summed E-state index contributed by atoms with van der Waals surface area (Å²) >= 11 is 0. The van der Waals surface area contributed by atoms with E-state index in [1.165, 1.54) is 6.39 Å². The number of fused-ring (bicyclic) bond motifs is 1. The van der Waals surface area contributed by atoms with Crippen molar-refractivity contribution in [3.63, 3.8) is 0 Å². The first-order chi connectivity index (χ1) is 8.16. The van der Waals surface area contributed by atoms with Crippen LogP contribution in [0.5, 0.6) is 0 Å². The summed E-state index contributed by atoms with van der Waals surface area (Å²) in [4.78, 5) is 16.3. The van der Waals surface area contributed by atoms with E-state index in [4.69, 9.17) is 9.52 Å². The summed E-state index contributed by atoms with van der Waals surface area (Å²) in [5, 5.41) is 8.48. The highest BCUT2D eigenvalue weighted by Crippen LogP contribution is 2.20. The number of carboxylic acid groups (broad SMARTS) is 1. The van der Waals surface area contributed by atoms with Crippen molar-refractivity contribution < 1.29 is 14.3 Å². The first kappa shape index (κ1) is 11.2. The number of aromatic nitrogens is 1. The Hall–Kier alpha value is -2.30. The molecule has 0 aliphatic carbocycles. The maximum absolute atomic E-state index is 10.3. The average molecular weight is 232 g/mol. The van der Waals surface area contributed by atoms with Crippen LogP contribution in [-0.4, -0.2) is 29.7 Å². The van der Waals surface area contributed by atoms with E-state index in [-0.39, 0.29) is 0 Å². The van der Waals surface area contributed by atoms with Gasteiger partial charge < -0.3 is 14.4 Å². The van der Waals surface area contributed by atoms with Gasteiger partial charge in [0.25, 0.3) is 0 Å². The Morgan fingerprint density at radius 2 is 2.41 bits per heavy atom. The van der Waals surface area contributed by atoms with Crippen LogP contribution in [0.2, 0.25) is 0 Å². The summed E-state index contributed by atoms with van der Waals surface area (Å²) in [6.07, 6.45) is 4.12. The third kappa shape index (κ3) is 2.63. The normalized spacial score (nSPS) is 11.1. The highest BCUT2D eigenvalue weighted by atomic mass is 16.4. The van der Waals surface area contributed by atoms with Crippen LogP contribution in [0, 0.1) is 0 Å². The van der Waals surface area contributed by atoms with Gasteiger partial charge in [-0.3, -0.25) is 0 Å². The Bertz CT molecular complexity index is 560. The molecule has 0 saturated carbocycles. The fourth-order valence-corrected chi connectivity index (χ4v) is 1.50. The van der Waals surface area contributed by atoms with Crippen molar-refractivity contribution in [3.8, 4) is 0 Å². The lowest BCUT2D eigenvalue weighted by atomic mass is 10.2. The minimum Gasteiger partial charge on any atom is -0.478 e. The quantitative estimate of drug-likeness (QED) is 0.815. The largest absolute Gasteiger partial charge is 0.478 e. The van der Waals surface area contributed by atoms with Crippen LogP contribution >= 0.6 is 0 Å². The number of rotatable bonds is 4. The van der Waals surface area contributed by atoms with E-state index in [0.717, 1.165) is 22.9 Å². The Balaban J connectivity index is 2.12. The molecule has 0 fully saturated rings. The van der Waals surface area contributed by atoms with E-state index in [2.05, 4.69) is 4.98 Å². The lowest BCUT2D eigenvalue weighted by Gasteiger charge is -2.16. The second kappa shape index (κ2) is 4.69. The number of benzene rings is 1. The van der Waals surface area contributed by atoms with Crippen LogP contribution in [0.1, 0.15) is 0 Å². The molecule has 1 aromatic heterocycles. The Labute approximate surface area is 98.0 Å². The van der Waals surface area contributed by atoms with Crippen LogP contribution in [-0.2, 0) is 4.79 Å². The molecule has 0 aliphatic heterocycles. The monoisotopic (exact) mass is 232 g/mol. The van der Waals surface area contributed by atoms with E-state index in [9.17, 15) is 4.79 Å². The van der Waals surface area contributed by atoms with E-state index in [1.54, 1.807) is 6.08 Å². The summed E-state index contributed by atoms with van der Waals surface area (Å²) in [5.41, 5.74) is 2.48. The molecule has 1 heterocycles. The van der Waals surface area contributed by atoms with Gasteiger partial charge in [-0.1, -0.05) is 6.08 Å². The topological polar surface area (TPSA) is 66.6 Å². The molecule has 0 amide bonds. The summed E-state index contributed by atoms with van der Waals surface area (Å²) in [7, 11) is 1.88. The summed E-state index contributed by atoms with van der Waals surface area (Å²) in [6.45, 7) is 0.520. The van der Waals surface area contributed by atoms with Gasteiger partial charge in [0.1, 0.15) is 5.52 Å². The van der Waals surface area contributed by atoms with Crippen LogP contribution < -0.4 is 4.90 Å². The van der Waals surface area contributed by atoms with E-state index < -0.39 is 5.97 Å². The van der Waals surface area contributed by atoms with Gasteiger partial charge in [-0.2, -0.15) is 0 Å². The van der Waals surface area contributed by atoms with Crippen LogP contribution in [0.25, 0.3) is 11.1 Å². The molecule has 0 unspecified atom stereocenters. The fourth-order valence-electron chi connectivity index (χ4n) is 1.50. The summed E-state index contributed by atoms with van der Waals surface area (Å²) in [6, 6.07) is 5.65. The molecule has 0 spiro atoms. The molecule has 17 heavy (non-hydrogen) atoms. The highest BCUT2D eigenvalue weighted by Gasteiger charge is 2.03. The van der Waals surface area contributed by atoms with Gasteiger partial charge in [0.2, 0.25) is 0 Å². The summed E-state index contributed by atoms with van der Waals surface area (Å²) in [5.74, 6) is -0.941. The zero-order valence-corrected chi connectivity index (χ0v) is 9.33. The Morgan fingerprint density at radius 1 is 1.59 bits per heavy atom. The third-order valence-corrected chi connectivity index (χ3v) is 2.40. The lowest BCUT2D eigenvalue weighted by Crippen LogP contribution is -2.16. The van der Waals surface area contributed by atoms with Crippen molar-refractivity contribution in [2.45, 2.75) is 0 Å². The minimum atomic E-state index is -0.941. The van der Waals surface area contributed by atoms with Crippen molar-refractivity contribution in [1.29, 1.82) is 0 Å². The van der Waals surface area contributed by atoms with Gasteiger partial charge in [-0.15, -0.1) is 0 Å². The molecule has 2 rings (SSSR count). The van der Waals surface area contributed by atoms with Gasteiger partial charge in [-0.05, 0) is 12.1 Å². The molecular weight excluding hydrogens is 220 g/mol. The minimum absolute atomic E-state index is 0.520. The number of hydrogen-bond donors (Lipinski definition) is 1. The molecule has 0 radical (unpaired) electrons. The summed E-state index contributed by atoms with van der Waals surface area (Å²) < 4.78 is 5.20. The Morgan fingerprint density at radius 3 is 3.18 bits per heavy atom. The smallest absolute Gasteiger partial charge is 0.328 e. The molecule has 0 bridgehead atoms. The number of likely N-dealkylation sites (N-methyl/N-ethyl adjacent to an activating group) is 1. The van der Waals surface area contributed by atoms with Gasteiger partial charge in [-0.25, -0.2) is 9.78 Å². The zero-order chi connectivity index (χ0) is 12.3. The van der Waals surface area contributed by atoms with Crippen molar-refractivity contribution in [3.05, 3.63) is 36.7 Å². The third-order valence-electron chi connectivity index (χ3n) is 2.40. The molecule has 0 aliphatic rings. The fraction of sp³-hybridized carbons (Fsp3) is 0.167. The molecule has 0 atom stereocenters. The van der Waals surface area contributed by atoms with Crippen molar-refractivity contribution in [2.75, 3.05) is 18.5 Å². The van der Waals surface area contributed by atoms with Crippen LogP contribution in [0.15, 0.2) is 41.2 Å². The molecule has 1 aromatic carbocycles. The number of carboxylic acids is 1. The molecule has 1 N–H and O–H groups in total. The second-order valence-electron chi connectivity index (χ2n) is 3.63. The van der Waals surface area contributed by atoms with Crippen molar-refractivity contribution >= 4 is 22.8 Å². The highest BCUT2D eigenvalue weighted by molar-refractivity contribution is 5.80. The molecule has 2 aromatic rings. The molecule has 5 nitrogen and oxygen atoms in total. The van der Waals surface area contributed by atoms with Crippen LogP contribution in [0.3, 0.4) is 0 Å². The second-order valence-corrected chi connectivity index (χ2v) is 3.63. The number of hydrogen-bond acceptors (Lipinski definition) is 4. The SMILES string of the molecule is CN(C/C=C/C(=O)O)c1ccc2ncoc2c1. The van der Waals surface area contributed by atoms with Gasteiger partial charge in [0.05, 0.1) is 0 Å². The number of nitrogens with zero attached hydrogens (tertiary/aromatic N) is 2.